The van der Waals surface area contributed by atoms with Gasteiger partial charge in [0.05, 0.1) is 6.04 Å². The summed E-state index contributed by atoms with van der Waals surface area (Å²) in [6.07, 6.45) is 0.822. The Bertz CT molecular complexity index is 323. The molecule has 104 valence electrons. The van der Waals surface area contributed by atoms with E-state index in [2.05, 4.69) is 0 Å². The lowest BCUT2D eigenvalue weighted by molar-refractivity contribution is -0.135. The van der Waals surface area contributed by atoms with E-state index in [1.165, 1.54) is 0 Å². The highest BCUT2D eigenvalue weighted by Gasteiger charge is 2.31. The summed E-state index contributed by atoms with van der Waals surface area (Å²) in [6, 6.07) is -0.485. The predicted octanol–water partition coefficient (Wildman–Crippen LogP) is 0.441. The summed E-state index contributed by atoms with van der Waals surface area (Å²) in [4.78, 5) is 27.2. The van der Waals surface area contributed by atoms with E-state index >= 15 is 0 Å². The second-order valence-electron chi connectivity index (χ2n) is 6.03. The minimum atomic E-state index is -0.485. The normalized spacial score (nSPS) is 19.4. The lowest BCUT2D eigenvalue weighted by atomic mass is 9.86. The highest BCUT2D eigenvalue weighted by atomic mass is 16.2. The zero-order valence-electron chi connectivity index (χ0n) is 11.9. The highest BCUT2D eigenvalue weighted by Crippen LogP contribution is 2.19. The van der Waals surface area contributed by atoms with Crippen molar-refractivity contribution in [1.29, 1.82) is 0 Å². The summed E-state index contributed by atoms with van der Waals surface area (Å²) in [6.45, 7) is 10.1. The van der Waals surface area contributed by atoms with Crippen LogP contribution in [0.4, 0.5) is 0 Å². The topological polar surface area (TPSA) is 66.6 Å². The molecule has 0 aromatic carbocycles. The Morgan fingerprint density at radius 1 is 1.06 bits per heavy atom. The van der Waals surface area contributed by atoms with Crippen molar-refractivity contribution in [3.8, 4) is 0 Å². The summed E-state index contributed by atoms with van der Waals surface area (Å²) in [5.41, 5.74) is 5.77. The molecular weight excluding hydrogens is 230 g/mol. The van der Waals surface area contributed by atoms with Gasteiger partial charge in [-0.3, -0.25) is 9.59 Å². The molecule has 0 aromatic rings. The Kier molecular flexibility index (Phi) is 4.73. The van der Waals surface area contributed by atoms with Crippen molar-refractivity contribution in [2.45, 2.75) is 40.2 Å². The Hall–Kier alpha value is -1.10. The van der Waals surface area contributed by atoms with Crippen LogP contribution in [0.5, 0.6) is 0 Å². The molecule has 1 aliphatic heterocycles. The van der Waals surface area contributed by atoms with Crippen LogP contribution in [0, 0.1) is 5.41 Å². The maximum absolute atomic E-state index is 12.3. The zero-order chi connectivity index (χ0) is 13.9. The third kappa shape index (κ3) is 3.70. The molecule has 0 aliphatic carbocycles. The van der Waals surface area contributed by atoms with E-state index in [1.807, 2.05) is 20.8 Å². The summed E-state index contributed by atoms with van der Waals surface area (Å²) < 4.78 is 0. The van der Waals surface area contributed by atoms with Gasteiger partial charge in [0.1, 0.15) is 0 Å². The third-order valence-corrected chi connectivity index (χ3v) is 3.45. The average Bonchev–Trinajstić information content (AvgIpc) is 2.51. The smallest absolute Gasteiger partial charge is 0.240 e. The molecular formula is C13H25N3O2. The Morgan fingerprint density at radius 2 is 1.56 bits per heavy atom. The SMILES string of the molecule is CC(=O)N1CCCN(C(=O)C(N)C(C)(C)C)CC1. The van der Waals surface area contributed by atoms with Crippen LogP contribution in [-0.2, 0) is 9.59 Å². The van der Waals surface area contributed by atoms with Crippen molar-refractivity contribution in [2.75, 3.05) is 26.2 Å². The molecule has 1 fully saturated rings. The van der Waals surface area contributed by atoms with Crippen molar-refractivity contribution in [3.05, 3.63) is 0 Å². The highest BCUT2D eigenvalue weighted by molar-refractivity contribution is 5.82. The molecule has 2 amide bonds. The molecule has 1 atom stereocenters. The molecule has 1 heterocycles. The number of nitrogens with zero attached hydrogens (tertiary/aromatic N) is 2. The molecule has 18 heavy (non-hydrogen) atoms. The van der Waals surface area contributed by atoms with Gasteiger partial charge < -0.3 is 15.5 Å². The molecule has 5 nitrogen and oxygen atoms in total. The van der Waals surface area contributed by atoms with Gasteiger partial charge in [0.15, 0.2) is 0 Å². The van der Waals surface area contributed by atoms with Crippen LogP contribution < -0.4 is 5.73 Å². The minimum Gasteiger partial charge on any atom is -0.341 e. The lowest BCUT2D eigenvalue weighted by Gasteiger charge is -2.31. The molecule has 0 aromatic heterocycles. The van der Waals surface area contributed by atoms with Crippen molar-refractivity contribution in [1.82, 2.24) is 9.80 Å². The van der Waals surface area contributed by atoms with Gasteiger partial charge in [0.2, 0.25) is 11.8 Å². The van der Waals surface area contributed by atoms with Gasteiger partial charge in [-0.1, -0.05) is 20.8 Å². The first kappa shape index (κ1) is 15.0. The van der Waals surface area contributed by atoms with Crippen LogP contribution >= 0.6 is 0 Å². The van der Waals surface area contributed by atoms with Gasteiger partial charge in [-0.25, -0.2) is 0 Å². The van der Waals surface area contributed by atoms with E-state index in [4.69, 9.17) is 5.73 Å². The van der Waals surface area contributed by atoms with Crippen LogP contribution in [0.2, 0.25) is 0 Å². The first-order valence-electron chi connectivity index (χ1n) is 6.53. The first-order chi connectivity index (χ1) is 8.23. The zero-order valence-corrected chi connectivity index (χ0v) is 11.9. The summed E-state index contributed by atoms with van der Waals surface area (Å²) in [7, 11) is 0. The van der Waals surface area contributed by atoms with Crippen LogP contribution in [0.25, 0.3) is 0 Å². The molecule has 1 unspecified atom stereocenters. The maximum atomic E-state index is 12.3. The van der Waals surface area contributed by atoms with Gasteiger partial charge in [-0.2, -0.15) is 0 Å². The van der Waals surface area contributed by atoms with Crippen LogP contribution in [-0.4, -0.2) is 53.8 Å². The largest absolute Gasteiger partial charge is 0.341 e. The number of amides is 2. The predicted molar refractivity (Wildman–Crippen MR) is 70.9 cm³/mol. The lowest BCUT2D eigenvalue weighted by Crippen LogP contribution is -2.51. The second kappa shape index (κ2) is 5.69. The van der Waals surface area contributed by atoms with E-state index in [0.717, 1.165) is 13.0 Å². The van der Waals surface area contributed by atoms with Gasteiger partial charge >= 0.3 is 0 Å². The maximum Gasteiger partial charge on any atom is 0.240 e. The van der Waals surface area contributed by atoms with Gasteiger partial charge in [-0.15, -0.1) is 0 Å². The first-order valence-corrected chi connectivity index (χ1v) is 6.53. The minimum absolute atomic E-state index is 0.00657. The van der Waals surface area contributed by atoms with Crippen molar-refractivity contribution in [3.63, 3.8) is 0 Å². The summed E-state index contributed by atoms with van der Waals surface area (Å²) in [5.74, 6) is 0.0670. The molecule has 1 saturated heterocycles. The third-order valence-electron chi connectivity index (χ3n) is 3.45. The van der Waals surface area contributed by atoms with Gasteiger partial charge in [0, 0.05) is 33.1 Å². The molecule has 1 aliphatic rings. The van der Waals surface area contributed by atoms with Crippen LogP contribution in [0.1, 0.15) is 34.1 Å². The number of hydrogen-bond donors (Lipinski definition) is 1. The van der Waals surface area contributed by atoms with Crippen molar-refractivity contribution < 1.29 is 9.59 Å². The Labute approximate surface area is 109 Å². The Balaban J connectivity index is 2.63. The monoisotopic (exact) mass is 255 g/mol. The van der Waals surface area contributed by atoms with Gasteiger partial charge in [-0.05, 0) is 11.8 Å². The molecule has 0 radical (unpaired) electrons. The quantitative estimate of drug-likeness (QED) is 0.739. The standard InChI is InChI=1S/C13H25N3O2/c1-10(17)15-6-5-7-16(9-8-15)12(18)11(14)13(2,3)4/h11H,5-9,14H2,1-4H3. The molecule has 0 saturated carbocycles. The van der Waals surface area contributed by atoms with Crippen LogP contribution in [0.3, 0.4) is 0 Å². The fourth-order valence-corrected chi connectivity index (χ4v) is 2.02. The molecule has 0 bridgehead atoms. The summed E-state index contributed by atoms with van der Waals surface area (Å²) >= 11 is 0. The van der Waals surface area contributed by atoms with E-state index in [9.17, 15) is 9.59 Å². The number of carbonyl (C=O) groups is 2. The van der Waals surface area contributed by atoms with Crippen molar-refractivity contribution in [2.24, 2.45) is 11.1 Å². The fourth-order valence-electron chi connectivity index (χ4n) is 2.02. The molecule has 5 heteroatoms. The molecule has 2 N–H and O–H groups in total. The van der Waals surface area contributed by atoms with E-state index in [0.29, 0.717) is 19.6 Å². The van der Waals surface area contributed by atoms with Gasteiger partial charge in [0.25, 0.3) is 0 Å². The van der Waals surface area contributed by atoms with E-state index < -0.39 is 6.04 Å². The number of nitrogens with two attached hydrogens (primary N) is 1. The Morgan fingerprint density at radius 3 is 2.06 bits per heavy atom. The van der Waals surface area contributed by atoms with E-state index in [-0.39, 0.29) is 17.2 Å². The fraction of sp³-hybridized carbons (Fsp3) is 0.846. The van der Waals surface area contributed by atoms with E-state index in [1.54, 1.807) is 16.7 Å². The number of hydrogen-bond acceptors (Lipinski definition) is 3. The number of rotatable bonds is 1. The second-order valence-corrected chi connectivity index (χ2v) is 6.03. The summed E-state index contributed by atoms with van der Waals surface area (Å²) in [5, 5.41) is 0. The average molecular weight is 255 g/mol. The number of carbonyl (C=O) groups excluding carboxylic acids is 2. The molecule has 0 spiro atoms. The van der Waals surface area contributed by atoms with Crippen LogP contribution in [0.15, 0.2) is 0 Å². The van der Waals surface area contributed by atoms with Crippen molar-refractivity contribution >= 4 is 11.8 Å². The molecule has 1 rings (SSSR count).